The number of carbonyl (C=O) groups is 1. The molecule has 25 heavy (non-hydrogen) atoms. The van der Waals surface area contributed by atoms with Crippen LogP contribution in [0.2, 0.25) is 0 Å². The van der Waals surface area contributed by atoms with Crippen molar-refractivity contribution in [3.63, 3.8) is 0 Å². The number of amides is 1. The summed E-state index contributed by atoms with van der Waals surface area (Å²) in [6.45, 7) is 3.61. The third-order valence-corrected chi connectivity index (χ3v) is 5.64. The Kier molecular flexibility index (Phi) is 6.60. The summed E-state index contributed by atoms with van der Waals surface area (Å²) in [6.07, 6.45) is 0.0572. The molecule has 1 amide bonds. The molecule has 1 aliphatic heterocycles. The number of hydrogen-bond donors (Lipinski definition) is 2. The first kappa shape index (κ1) is 19.5. The van der Waals surface area contributed by atoms with Crippen LogP contribution in [-0.2, 0) is 20.8 Å². The van der Waals surface area contributed by atoms with Gasteiger partial charge in [-0.3, -0.25) is 9.52 Å². The molecule has 2 rings (SSSR count). The zero-order valence-electron chi connectivity index (χ0n) is 14.0. The molecule has 0 radical (unpaired) electrons. The van der Waals surface area contributed by atoms with E-state index in [0.717, 1.165) is 0 Å². The van der Waals surface area contributed by atoms with Gasteiger partial charge in [-0.15, -0.1) is 4.40 Å². The lowest BCUT2D eigenvalue weighted by Gasteiger charge is -2.17. The van der Waals surface area contributed by atoms with E-state index in [2.05, 4.69) is 14.4 Å². The number of carbonyl (C=O) groups excluding carboxylic acids is 1. The lowest BCUT2D eigenvalue weighted by atomic mass is 10.1. The summed E-state index contributed by atoms with van der Waals surface area (Å²) in [6, 6.07) is 6.61. The number of benzene rings is 1. The van der Waals surface area contributed by atoms with Crippen molar-refractivity contribution < 1.29 is 17.6 Å². The van der Waals surface area contributed by atoms with Gasteiger partial charge in [-0.1, -0.05) is 18.2 Å². The smallest absolute Gasteiger partial charge is 0.342 e. The van der Waals surface area contributed by atoms with Gasteiger partial charge in [0.05, 0.1) is 12.1 Å². The first-order valence-corrected chi connectivity index (χ1v) is 10.3. The zero-order valence-corrected chi connectivity index (χ0v) is 15.6. The van der Waals surface area contributed by atoms with Crippen molar-refractivity contribution in [2.45, 2.75) is 26.0 Å². The summed E-state index contributed by atoms with van der Waals surface area (Å²) in [5, 5.41) is 2.77. The average Bonchev–Trinajstić information content (AvgIpc) is 2.51. The molecular weight excluding hydrogens is 365 g/mol. The Morgan fingerprint density at radius 1 is 1.32 bits per heavy atom. The van der Waals surface area contributed by atoms with Gasteiger partial charge < -0.3 is 5.32 Å². The molecule has 1 heterocycles. The Labute approximate surface area is 151 Å². The molecule has 0 saturated heterocycles. The average molecular weight is 385 g/mol. The van der Waals surface area contributed by atoms with Gasteiger partial charge >= 0.3 is 10.2 Å². The predicted octanol–water partition coefficient (Wildman–Crippen LogP) is 2.15. The van der Waals surface area contributed by atoms with E-state index >= 15 is 0 Å². The van der Waals surface area contributed by atoms with Crippen LogP contribution in [0.4, 0.5) is 4.39 Å². The van der Waals surface area contributed by atoms with Gasteiger partial charge in [0, 0.05) is 29.3 Å². The molecule has 0 aliphatic carbocycles. The largest absolute Gasteiger partial charge is 0.355 e. The van der Waals surface area contributed by atoms with Gasteiger partial charge in [0.15, 0.2) is 0 Å². The molecule has 0 bridgehead atoms. The van der Waals surface area contributed by atoms with E-state index in [1.807, 2.05) is 0 Å². The predicted molar refractivity (Wildman–Crippen MR) is 98.1 cm³/mol. The molecule has 136 valence electrons. The van der Waals surface area contributed by atoms with Crippen LogP contribution < -0.4 is 10.0 Å². The summed E-state index contributed by atoms with van der Waals surface area (Å²) in [7, 11) is -3.69. The highest BCUT2D eigenvalue weighted by molar-refractivity contribution is 7.98. The summed E-state index contributed by atoms with van der Waals surface area (Å²) >= 11 is 1.53. The van der Waals surface area contributed by atoms with E-state index in [0.29, 0.717) is 40.6 Å². The number of hydrogen-bond acceptors (Lipinski definition) is 4. The van der Waals surface area contributed by atoms with E-state index in [-0.39, 0.29) is 18.1 Å². The molecule has 0 spiro atoms. The molecule has 2 N–H and O–H groups in total. The molecule has 1 aromatic rings. The van der Waals surface area contributed by atoms with E-state index in [1.165, 1.54) is 17.8 Å². The molecule has 9 heteroatoms. The van der Waals surface area contributed by atoms with Crippen molar-refractivity contribution in [1.29, 1.82) is 0 Å². The molecule has 0 aromatic heterocycles. The third kappa shape index (κ3) is 5.86. The van der Waals surface area contributed by atoms with E-state index in [4.69, 9.17) is 0 Å². The third-order valence-electron chi connectivity index (χ3n) is 3.55. The summed E-state index contributed by atoms with van der Waals surface area (Å²) < 4.78 is 42.2. The Morgan fingerprint density at radius 3 is 2.72 bits per heavy atom. The maximum Gasteiger partial charge on any atom is 0.342 e. The van der Waals surface area contributed by atoms with E-state index < -0.39 is 10.2 Å². The molecular formula is C16H20FN3O3S2. The van der Waals surface area contributed by atoms with Crippen LogP contribution in [0.3, 0.4) is 0 Å². The fourth-order valence-electron chi connectivity index (χ4n) is 2.33. The van der Waals surface area contributed by atoms with Crippen LogP contribution in [0.5, 0.6) is 0 Å². The fraction of sp³-hybridized carbons (Fsp3) is 0.375. The Morgan fingerprint density at radius 2 is 2.04 bits per heavy atom. The Hall–Kier alpha value is -1.87. The van der Waals surface area contributed by atoms with Crippen molar-refractivity contribution in [2.24, 2.45) is 4.40 Å². The van der Waals surface area contributed by atoms with Crippen molar-refractivity contribution in [3.05, 3.63) is 46.9 Å². The number of rotatable bonds is 7. The first-order valence-electron chi connectivity index (χ1n) is 7.66. The van der Waals surface area contributed by atoms with Crippen LogP contribution in [-0.4, -0.2) is 32.3 Å². The molecule has 6 nitrogen and oxygen atoms in total. The monoisotopic (exact) mass is 385 g/mol. The minimum absolute atomic E-state index is 0.0572. The highest BCUT2D eigenvalue weighted by atomic mass is 32.2. The zero-order chi connectivity index (χ0) is 18.4. The number of halogens is 1. The Bertz CT molecular complexity index is 820. The number of allylic oxidation sites excluding steroid dienone is 1. The molecule has 1 aliphatic rings. The lowest BCUT2D eigenvalue weighted by Crippen LogP contribution is -2.32. The number of nitrogens with one attached hydrogen (secondary N) is 2. The maximum atomic E-state index is 13.5. The standard InChI is InChI=1S/C16H20FN3O3S2/c1-11-14(12(2)20-25(22,23)19-11)9-16(21)18-7-8-24-10-13-5-3-4-6-15(13)17/h3-6,19H,7-10H2,1-2H3,(H,18,21). The SMILES string of the molecule is CC1=NS(=O)(=O)NC(C)=C1CC(=O)NCCSCc1ccccc1F. The minimum atomic E-state index is -3.69. The molecule has 0 fully saturated rings. The number of nitrogens with zero attached hydrogens (tertiary/aromatic N) is 1. The van der Waals surface area contributed by atoms with Crippen molar-refractivity contribution >= 4 is 33.6 Å². The maximum absolute atomic E-state index is 13.5. The van der Waals surface area contributed by atoms with Gasteiger partial charge in [-0.25, -0.2) is 4.39 Å². The van der Waals surface area contributed by atoms with Crippen LogP contribution >= 0.6 is 11.8 Å². The highest BCUT2D eigenvalue weighted by Crippen LogP contribution is 2.17. The second kappa shape index (κ2) is 8.48. The summed E-state index contributed by atoms with van der Waals surface area (Å²) in [4.78, 5) is 12.0. The number of thioether (sulfide) groups is 1. The van der Waals surface area contributed by atoms with Gasteiger partial charge in [0.25, 0.3) is 0 Å². The van der Waals surface area contributed by atoms with Crippen molar-refractivity contribution in [3.8, 4) is 0 Å². The second-order valence-electron chi connectivity index (χ2n) is 5.53. The van der Waals surface area contributed by atoms with Gasteiger partial charge in [-0.05, 0) is 25.5 Å². The van der Waals surface area contributed by atoms with Crippen LogP contribution in [0, 0.1) is 5.82 Å². The summed E-state index contributed by atoms with van der Waals surface area (Å²) in [5.74, 6) is 0.755. The van der Waals surface area contributed by atoms with Crippen LogP contribution in [0.25, 0.3) is 0 Å². The molecule has 0 atom stereocenters. The lowest BCUT2D eigenvalue weighted by molar-refractivity contribution is -0.120. The fourth-order valence-corrected chi connectivity index (χ4v) is 4.20. The van der Waals surface area contributed by atoms with E-state index in [9.17, 15) is 17.6 Å². The van der Waals surface area contributed by atoms with Gasteiger partial charge in [-0.2, -0.15) is 20.2 Å². The second-order valence-corrected chi connectivity index (χ2v) is 7.97. The van der Waals surface area contributed by atoms with E-state index in [1.54, 1.807) is 32.0 Å². The van der Waals surface area contributed by atoms with Crippen molar-refractivity contribution in [2.75, 3.05) is 12.3 Å². The molecule has 0 saturated carbocycles. The highest BCUT2D eigenvalue weighted by Gasteiger charge is 2.21. The molecule has 1 aromatic carbocycles. The molecule has 0 unspecified atom stereocenters. The minimum Gasteiger partial charge on any atom is -0.355 e. The first-order chi connectivity index (χ1) is 11.8. The summed E-state index contributed by atoms with van der Waals surface area (Å²) in [5.41, 5.74) is 1.95. The van der Waals surface area contributed by atoms with Gasteiger partial charge in [0.1, 0.15) is 5.82 Å². The van der Waals surface area contributed by atoms with Crippen LogP contribution in [0.15, 0.2) is 39.9 Å². The quantitative estimate of drug-likeness (QED) is 0.704. The topological polar surface area (TPSA) is 87.6 Å². The Balaban J connectivity index is 1.75. The normalized spacial score (nSPS) is 16.2. The van der Waals surface area contributed by atoms with Crippen molar-refractivity contribution in [1.82, 2.24) is 10.0 Å². The van der Waals surface area contributed by atoms with Crippen LogP contribution in [0.1, 0.15) is 25.8 Å². The van der Waals surface area contributed by atoms with Gasteiger partial charge in [0.2, 0.25) is 5.91 Å².